The minimum Gasteiger partial charge on any atom is -0.225 e. The molecule has 1 heterocycles. The van der Waals surface area contributed by atoms with E-state index in [1.165, 1.54) is 18.2 Å². The number of thiophene rings is 1. The molecule has 0 aliphatic carbocycles. The first-order valence-electron chi connectivity index (χ1n) is 6.16. The number of sulfonamides is 2. The Labute approximate surface area is 148 Å². The number of hydrogen-bond donors (Lipinski definition) is 2. The first-order chi connectivity index (χ1) is 10.6. The van der Waals surface area contributed by atoms with Crippen molar-refractivity contribution in [2.75, 3.05) is 6.54 Å². The Morgan fingerprint density at radius 1 is 1.09 bits per heavy atom. The van der Waals surface area contributed by atoms with Gasteiger partial charge < -0.3 is 0 Å². The lowest BCUT2D eigenvalue weighted by Crippen LogP contribution is -2.25. The Morgan fingerprint density at radius 2 is 1.70 bits per heavy atom. The zero-order valence-electron chi connectivity index (χ0n) is 11.5. The van der Waals surface area contributed by atoms with Crippen LogP contribution < -0.4 is 9.86 Å². The molecule has 0 unspecified atom stereocenters. The molecule has 0 bridgehead atoms. The third-order valence-corrected chi connectivity index (χ3v) is 7.02. The molecule has 0 radical (unpaired) electrons. The number of primary sulfonamides is 1. The third-order valence-electron chi connectivity index (χ3n) is 2.87. The maximum Gasteiger partial charge on any atom is 0.242 e. The highest BCUT2D eigenvalue weighted by Gasteiger charge is 2.20. The van der Waals surface area contributed by atoms with Gasteiger partial charge in [-0.15, -0.1) is 11.3 Å². The fourth-order valence-electron chi connectivity index (χ4n) is 1.76. The molecule has 0 aliphatic rings. The monoisotopic (exact) mass is 414 g/mol. The second kappa shape index (κ2) is 7.06. The van der Waals surface area contributed by atoms with E-state index in [0.29, 0.717) is 6.42 Å². The van der Waals surface area contributed by atoms with Crippen LogP contribution in [0.25, 0.3) is 0 Å². The van der Waals surface area contributed by atoms with Gasteiger partial charge in [0.1, 0.15) is 9.23 Å². The standard InChI is InChI=1S/C12H12Cl2N2O4S3/c13-11-7-10(12(14)21-11)23(19,20)16-6-5-8-1-3-9(4-2-8)22(15,17)18/h1-4,7,16H,5-6H2,(H2,15,17,18). The van der Waals surface area contributed by atoms with E-state index in [1.807, 2.05) is 0 Å². The van der Waals surface area contributed by atoms with Crippen molar-refractivity contribution in [1.82, 2.24) is 4.72 Å². The van der Waals surface area contributed by atoms with Crippen LogP contribution in [0, 0.1) is 0 Å². The van der Waals surface area contributed by atoms with Crippen molar-refractivity contribution in [3.8, 4) is 0 Å². The van der Waals surface area contributed by atoms with Gasteiger partial charge in [0.2, 0.25) is 20.0 Å². The molecule has 11 heteroatoms. The second-order valence-electron chi connectivity index (χ2n) is 4.53. The molecule has 6 nitrogen and oxygen atoms in total. The SMILES string of the molecule is NS(=O)(=O)c1ccc(CCNS(=O)(=O)c2cc(Cl)sc2Cl)cc1. The number of halogens is 2. The lowest BCUT2D eigenvalue weighted by atomic mass is 10.2. The van der Waals surface area contributed by atoms with Crippen LogP contribution in [0.15, 0.2) is 40.1 Å². The van der Waals surface area contributed by atoms with Crippen LogP contribution >= 0.6 is 34.5 Å². The minimum absolute atomic E-state index is 0.00141. The summed E-state index contributed by atoms with van der Waals surface area (Å²) in [5.41, 5.74) is 0.759. The molecule has 1 aromatic carbocycles. The van der Waals surface area contributed by atoms with Crippen LogP contribution in [-0.2, 0) is 26.5 Å². The van der Waals surface area contributed by atoms with Crippen molar-refractivity contribution in [1.29, 1.82) is 0 Å². The van der Waals surface area contributed by atoms with Gasteiger partial charge in [0.05, 0.1) is 9.23 Å². The molecule has 2 rings (SSSR count). The summed E-state index contributed by atoms with van der Waals surface area (Å²) < 4.78 is 49.3. The molecule has 2 aromatic rings. The van der Waals surface area contributed by atoms with E-state index >= 15 is 0 Å². The number of rotatable bonds is 6. The molecule has 0 spiro atoms. The summed E-state index contributed by atoms with van der Waals surface area (Å²) in [5.74, 6) is 0. The summed E-state index contributed by atoms with van der Waals surface area (Å²) in [6.45, 7) is 0.126. The summed E-state index contributed by atoms with van der Waals surface area (Å²) in [5, 5.41) is 5.00. The molecule has 126 valence electrons. The van der Waals surface area contributed by atoms with Crippen LogP contribution in [-0.4, -0.2) is 23.4 Å². The summed E-state index contributed by atoms with van der Waals surface area (Å²) in [4.78, 5) is -0.0553. The molecule has 0 atom stereocenters. The molecule has 0 saturated heterocycles. The van der Waals surface area contributed by atoms with E-state index in [0.717, 1.165) is 16.9 Å². The van der Waals surface area contributed by atoms with Crippen LogP contribution in [0.2, 0.25) is 8.67 Å². The first kappa shape index (κ1) is 18.7. The van der Waals surface area contributed by atoms with E-state index in [2.05, 4.69) is 4.72 Å². The maximum absolute atomic E-state index is 12.1. The average Bonchev–Trinajstić information content (AvgIpc) is 2.78. The van der Waals surface area contributed by atoms with Crippen molar-refractivity contribution in [2.24, 2.45) is 5.14 Å². The second-order valence-corrected chi connectivity index (χ2v) is 10.1. The Kier molecular flexibility index (Phi) is 5.72. The van der Waals surface area contributed by atoms with Gasteiger partial charge in [0.15, 0.2) is 0 Å². The van der Waals surface area contributed by atoms with Crippen LogP contribution in [0.5, 0.6) is 0 Å². The molecular formula is C12H12Cl2N2O4S3. The molecule has 3 N–H and O–H groups in total. The van der Waals surface area contributed by atoms with Crippen LogP contribution in [0.4, 0.5) is 0 Å². The summed E-state index contributed by atoms with van der Waals surface area (Å²) in [6.07, 6.45) is 0.375. The lowest BCUT2D eigenvalue weighted by molar-refractivity contribution is 0.582. The van der Waals surface area contributed by atoms with Gasteiger partial charge in [0, 0.05) is 6.54 Å². The van der Waals surface area contributed by atoms with Gasteiger partial charge in [-0.25, -0.2) is 26.7 Å². The fraction of sp³-hybridized carbons (Fsp3) is 0.167. The van der Waals surface area contributed by atoms with E-state index < -0.39 is 20.0 Å². The predicted molar refractivity (Wildman–Crippen MR) is 91.0 cm³/mol. The fourth-order valence-corrected chi connectivity index (χ4v) is 5.46. The Balaban J connectivity index is 2.01. The quantitative estimate of drug-likeness (QED) is 0.755. The first-order valence-corrected chi connectivity index (χ1v) is 10.8. The zero-order chi connectivity index (χ0) is 17.3. The van der Waals surface area contributed by atoms with Crippen molar-refractivity contribution in [2.45, 2.75) is 16.2 Å². The third kappa shape index (κ3) is 4.90. The Hall–Kier alpha value is -0.680. The zero-order valence-corrected chi connectivity index (χ0v) is 15.5. The maximum atomic E-state index is 12.1. The molecule has 0 fully saturated rings. The molecule has 1 aromatic heterocycles. The van der Waals surface area contributed by atoms with Crippen molar-refractivity contribution in [3.05, 3.63) is 44.6 Å². The highest BCUT2D eigenvalue weighted by Crippen LogP contribution is 2.33. The molecule has 0 aliphatic heterocycles. The topological polar surface area (TPSA) is 106 Å². The van der Waals surface area contributed by atoms with Gasteiger partial charge in [-0.05, 0) is 30.2 Å². The number of benzene rings is 1. The van der Waals surface area contributed by atoms with Crippen LogP contribution in [0.3, 0.4) is 0 Å². The Bertz CT molecular complexity index is 906. The van der Waals surface area contributed by atoms with Gasteiger partial charge in [-0.1, -0.05) is 35.3 Å². The summed E-state index contributed by atoms with van der Waals surface area (Å²) in [7, 11) is -7.48. The number of nitrogens with two attached hydrogens (primary N) is 1. The van der Waals surface area contributed by atoms with E-state index in [1.54, 1.807) is 12.1 Å². The van der Waals surface area contributed by atoms with Crippen molar-refractivity contribution < 1.29 is 16.8 Å². The van der Waals surface area contributed by atoms with E-state index in [9.17, 15) is 16.8 Å². The van der Waals surface area contributed by atoms with Crippen molar-refractivity contribution in [3.63, 3.8) is 0 Å². The van der Waals surface area contributed by atoms with Gasteiger partial charge in [0.25, 0.3) is 0 Å². The lowest BCUT2D eigenvalue weighted by Gasteiger charge is -2.06. The highest BCUT2D eigenvalue weighted by molar-refractivity contribution is 7.90. The largest absolute Gasteiger partial charge is 0.242 e. The van der Waals surface area contributed by atoms with Crippen LogP contribution in [0.1, 0.15) is 5.56 Å². The predicted octanol–water partition coefficient (Wildman–Crippen LogP) is 2.22. The molecule has 0 saturated carbocycles. The minimum atomic E-state index is -3.74. The van der Waals surface area contributed by atoms with E-state index in [-0.39, 0.29) is 25.0 Å². The van der Waals surface area contributed by atoms with Crippen molar-refractivity contribution >= 4 is 54.6 Å². The smallest absolute Gasteiger partial charge is 0.225 e. The highest BCUT2D eigenvalue weighted by atomic mass is 35.5. The molecule has 0 amide bonds. The summed E-state index contributed by atoms with van der Waals surface area (Å²) >= 11 is 12.5. The van der Waals surface area contributed by atoms with Gasteiger partial charge in [-0.2, -0.15) is 0 Å². The number of nitrogens with one attached hydrogen (secondary N) is 1. The average molecular weight is 415 g/mol. The normalized spacial score (nSPS) is 12.5. The number of hydrogen-bond acceptors (Lipinski definition) is 5. The molecular weight excluding hydrogens is 403 g/mol. The molecule has 23 heavy (non-hydrogen) atoms. The Morgan fingerprint density at radius 3 is 2.17 bits per heavy atom. The van der Waals surface area contributed by atoms with Gasteiger partial charge in [-0.3, -0.25) is 0 Å². The van der Waals surface area contributed by atoms with Gasteiger partial charge >= 0.3 is 0 Å². The van der Waals surface area contributed by atoms with E-state index in [4.69, 9.17) is 28.3 Å². The summed E-state index contributed by atoms with van der Waals surface area (Å²) in [6, 6.07) is 7.17.